The monoisotopic (exact) mass is 226 g/mol. The van der Waals surface area contributed by atoms with Gasteiger partial charge in [-0.2, -0.15) is 0 Å². The van der Waals surface area contributed by atoms with Crippen molar-refractivity contribution in [2.24, 2.45) is 5.92 Å². The zero-order valence-corrected chi connectivity index (χ0v) is 9.43. The smallest absolute Gasteiger partial charge is 0.0420 e. The Hall–Kier alpha value is -0.300. The summed E-state index contributed by atoms with van der Waals surface area (Å²) in [6, 6.07) is 8.53. The first kappa shape index (κ1) is 9.79. The minimum absolute atomic E-state index is 0.485. The second-order valence-corrected chi connectivity index (χ2v) is 4.49. The molecule has 0 N–H and O–H groups in total. The molecule has 0 aliphatic heterocycles. The summed E-state index contributed by atoms with van der Waals surface area (Å²) in [5, 5.41) is 0. The molecule has 0 bridgehead atoms. The van der Waals surface area contributed by atoms with E-state index in [-0.39, 0.29) is 0 Å². The van der Waals surface area contributed by atoms with E-state index in [0.29, 0.717) is 10.7 Å². The predicted molar refractivity (Wildman–Crippen MR) is 57.7 cm³/mol. The third-order valence-corrected chi connectivity index (χ3v) is 3.62. The molecule has 0 aromatic heterocycles. The van der Waals surface area contributed by atoms with E-state index in [1.54, 1.807) is 0 Å². The standard InChI is InChI=1S/C11H15Br/c1-8(2)11(12)10-7-5-4-6-9(10)3/h4-8,11H,1-3H3. The number of hydrogen-bond donors (Lipinski definition) is 0. The highest BCUT2D eigenvalue weighted by molar-refractivity contribution is 9.09. The van der Waals surface area contributed by atoms with E-state index in [2.05, 4.69) is 61.0 Å². The van der Waals surface area contributed by atoms with Crippen LogP contribution in [0.4, 0.5) is 0 Å². The van der Waals surface area contributed by atoms with Crippen molar-refractivity contribution in [3.05, 3.63) is 35.4 Å². The van der Waals surface area contributed by atoms with Gasteiger partial charge in [0.1, 0.15) is 0 Å². The second-order valence-electron chi connectivity index (χ2n) is 3.50. The van der Waals surface area contributed by atoms with Crippen LogP contribution in [-0.4, -0.2) is 0 Å². The van der Waals surface area contributed by atoms with E-state index < -0.39 is 0 Å². The lowest BCUT2D eigenvalue weighted by atomic mass is 9.99. The maximum Gasteiger partial charge on any atom is 0.0420 e. The van der Waals surface area contributed by atoms with Gasteiger partial charge in [0.2, 0.25) is 0 Å². The van der Waals surface area contributed by atoms with Crippen molar-refractivity contribution < 1.29 is 0 Å². The molecule has 0 saturated carbocycles. The molecule has 0 radical (unpaired) electrons. The van der Waals surface area contributed by atoms with Gasteiger partial charge in [-0.15, -0.1) is 0 Å². The first-order chi connectivity index (χ1) is 5.63. The van der Waals surface area contributed by atoms with E-state index in [0.717, 1.165) is 0 Å². The zero-order chi connectivity index (χ0) is 9.14. The third kappa shape index (κ3) is 2.10. The summed E-state index contributed by atoms with van der Waals surface area (Å²) in [5.74, 6) is 0.645. The van der Waals surface area contributed by atoms with Gasteiger partial charge in [0, 0.05) is 4.83 Å². The van der Waals surface area contributed by atoms with Crippen molar-refractivity contribution in [2.75, 3.05) is 0 Å². The van der Waals surface area contributed by atoms with Gasteiger partial charge in [0.25, 0.3) is 0 Å². The van der Waals surface area contributed by atoms with E-state index in [1.165, 1.54) is 11.1 Å². The molecule has 66 valence electrons. The maximum absolute atomic E-state index is 3.70. The molecule has 0 fully saturated rings. The van der Waals surface area contributed by atoms with Crippen LogP contribution in [0.5, 0.6) is 0 Å². The average Bonchev–Trinajstić information content (AvgIpc) is 2.04. The van der Waals surface area contributed by atoms with Crippen molar-refractivity contribution >= 4 is 15.9 Å². The highest BCUT2D eigenvalue weighted by Gasteiger charge is 2.12. The van der Waals surface area contributed by atoms with E-state index in [9.17, 15) is 0 Å². The summed E-state index contributed by atoms with van der Waals surface area (Å²) in [4.78, 5) is 0.485. The Kier molecular flexibility index (Phi) is 3.33. The minimum Gasteiger partial charge on any atom is -0.0836 e. The van der Waals surface area contributed by atoms with Gasteiger partial charge in [-0.25, -0.2) is 0 Å². The quantitative estimate of drug-likeness (QED) is 0.667. The summed E-state index contributed by atoms with van der Waals surface area (Å²) >= 11 is 3.70. The Morgan fingerprint density at radius 1 is 1.17 bits per heavy atom. The molecule has 0 aliphatic rings. The van der Waals surface area contributed by atoms with Crippen LogP contribution in [0.2, 0.25) is 0 Å². The van der Waals surface area contributed by atoms with Crippen LogP contribution < -0.4 is 0 Å². The molecule has 0 aliphatic carbocycles. The predicted octanol–water partition coefficient (Wildman–Crippen LogP) is 4.09. The third-order valence-electron chi connectivity index (χ3n) is 2.07. The summed E-state index contributed by atoms with van der Waals surface area (Å²) in [6.45, 7) is 6.61. The highest BCUT2D eigenvalue weighted by atomic mass is 79.9. The molecule has 0 saturated heterocycles. The summed E-state index contributed by atoms with van der Waals surface area (Å²) in [7, 11) is 0. The van der Waals surface area contributed by atoms with Crippen molar-refractivity contribution in [3.8, 4) is 0 Å². The molecule has 1 aromatic carbocycles. The number of benzene rings is 1. The van der Waals surface area contributed by atoms with Gasteiger partial charge in [-0.1, -0.05) is 54.0 Å². The van der Waals surface area contributed by atoms with Crippen molar-refractivity contribution in [1.29, 1.82) is 0 Å². The summed E-state index contributed by atoms with van der Waals surface area (Å²) in [6.07, 6.45) is 0. The number of aryl methyl sites for hydroxylation is 1. The first-order valence-electron chi connectivity index (χ1n) is 4.32. The van der Waals surface area contributed by atoms with E-state index in [1.807, 2.05) is 0 Å². The Bertz CT molecular complexity index is 253. The molecular weight excluding hydrogens is 212 g/mol. The number of hydrogen-bond acceptors (Lipinski definition) is 0. The molecule has 1 rings (SSSR count). The summed E-state index contributed by atoms with van der Waals surface area (Å²) in [5.41, 5.74) is 2.78. The van der Waals surface area contributed by atoms with Crippen LogP contribution in [0, 0.1) is 12.8 Å². The Morgan fingerprint density at radius 3 is 2.25 bits per heavy atom. The topological polar surface area (TPSA) is 0 Å². The lowest BCUT2D eigenvalue weighted by Gasteiger charge is -2.16. The highest BCUT2D eigenvalue weighted by Crippen LogP contribution is 2.32. The average molecular weight is 227 g/mol. The molecule has 1 atom stereocenters. The molecule has 0 nitrogen and oxygen atoms in total. The normalized spacial score (nSPS) is 13.4. The van der Waals surface area contributed by atoms with Gasteiger partial charge < -0.3 is 0 Å². The van der Waals surface area contributed by atoms with Crippen molar-refractivity contribution in [3.63, 3.8) is 0 Å². The van der Waals surface area contributed by atoms with E-state index >= 15 is 0 Å². The molecule has 12 heavy (non-hydrogen) atoms. The maximum atomic E-state index is 3.70. The molecule has 0 heterocycles. The van der Waals surface area contributed by atoms with Crippen molar-refractivity contribution in [1.82, 2.24) is 0 Å². The number of halogens is 1. The first-order valence-corrected chi connectivity index (χ1v) is 5.24. The van der Waals surface area contributed by atoms with Gasteiger partial charge >= 0.3 is 0 Å². The molecule has 1 aromatic rings. The minimum atomic E-state index is 0.485. The summed E-state index contributed by atoms with van der Waals surface area (Å²) < 4.78 is 0. The van der Waals surface area contributed by atoms with Crippen LogP contribution in [0.25, 0.3) is 0 Å². The van der Waals surface area contributed by atoms with E-state index in [4.69, 9.17) is 0 Å². The molecule has 1 heteroatoms. The SMILES string of the molecule is Cc1ccccc1C(Br)C(C)C. The Labute approximate surface area is 83.1 Å². The van der Waals surface area contributed by atoms with Crippen LogP contribution in [0.1, 0.15) is 29.8 Å². The molecule has 1 unspecified atom stereocenters. The Balaban J connectivity index is 2.94. The van der Waals surface area contributed by atoms with Gasteiger partial charge in [-0.3, -0.25) is 0 Å². The van der Waals surface area contributed by atoms with Gasteiger partial charge in [0.15, 0.2) is 0 Å². The van der Waals surface area contributed by atoms with Crippen LogP contribution in [0.3, 0.4) is 0 Å². The number of rotatable bonds is 2. The largest absolute Gasteiger partial charge is 0.0836 e. The van der Waals surface area contributed by atoms with Crippen LogP contribution in [0.15, 0.2) is 24.3 Å². The fourth-order valence-corrected chi connectivity index (χ4v) is 1.77. The second kappa shape index (κ2) is 4.08. The van der Waals surface area contributed by atoms with Crippen molar-refractivity contribution in [2.45, 2.75) is 25.6 Å². The zero-order valence-electron chi connectivity index (χ0n) is 7.84. The lowest BCUT2D eigenvalue weighted by molar-refractivity contribution is 0.639. The lowest BCUT2D eigenvalue weighted by Crippen LogP contribution is -2.00. The number of alkyl halides is 1. The fourth-order valence-electron chi connectivity index (χ4n) is 1.26. The van der Waals surface area contributed by atoms with Gasteiger partial charge in [-0.05, 0) is 24.0 Å². The van der Waals surface area contributed by atoms with Crippen LogP contribution in [-0.2, 0) is 0 Å². The Morgan fingerprint density at radius 2 is 1.75 bits per heavy atom. The van der Waals surface area contributed by atoms with Crippen LogP contribution >= 0.6 is 15.9 Å². The molecule has 0 amide bonds. The van der Waals surface area contributed by atoms with Gasteiger partial charge in [0.05, 0.1) is 0 Å². The molecular formula is C11H15Br. The fraction of sp³-hybridized carbons (Fsp3) is 0.455. The molecule has 0 spiro atoms.